The van der Waals surface area contributed by atoms with Crippen LogP contribution in [-0.4, -0.2) is 41.1 Å². The number of nitrogens with zero attached hydrogens (tertiary/aromatic N) is 2. The molecule has 1 unspecified atom stereocenters. The molecule has 7 heteroatoms. The molecular formula is C23H26N2O4S. The minimum Gasteiger partial charge on any atom is -0.390 e. The van der Waals surface area contributed by atoms with Gasteiger partial charge in [-0.05, 0) is 43.5 Å². The smallest absolute Gasteiger partial charge is 0.245 e. The van der Waals surface area contributed by atoms with Crippen LogP contribution in [0.2, 0.25) is 0 Å². The van der Waals surface area contributed by atoms with Crippen molar-refractivity contribution in [2.45, 2.75) is 50.0 Å². The molecule has 1 aromatic heterocycles. The second kappa shape index (κ2) is 8.07. The van der Waals surface area contributed by atoms with E-state index in [0.29, 0.717) is 12.1 Å². The maximum Gasteiger partial charge on any atom is 0.245 e. The lowest BCUT2D eigenvalue weighted by molar-refractivity contribution is 0.00856. The fourth-order valence-electron chi connectivity index (χ4n) is 3.97. The van der Waals surface area contributed by atoms with Gasteiger partial charge in [-0.15, -0.1) is 0 Å². The first kappa shape index (κ1) is 20.9. The van der Waals surface area contributed by atoms with Gasteiger partial charge < -0.3 is 9.84 Å². The van der Waals surface area contributed by atoms with Crippen LogP contribution in [0.3, 0.4) is 0 Å². The Morgan fingerprint density at radius 2 is 1.83 bits per heavy atom. The molecule has 0 radical (unpaired) electrons. The summed E-state index contributed by atoms with van der Waals surface area (Å²) in [4.78, 5) is 4.51. The SMILES string of the molecule is CC(C)(O)CC1COCc2ccccc2CN1S(=O)(=O)c1cccc2cccnc12. The third-order valence-corrected chi connectivity index (χ3v) is 7.27. The van der Waals surface area contributed by atoms with Gasteiger partial charge in [0, 0.05) is 18.1 Å². The van der Waals surface area contributed by atoms with Crippen LogP contribution in [0.4, 0.5) is 0 Å². The number of fused-ring (bicyclic) bond motifs is 2. The number of benzene rings is 2. The molecule has 3 aromatic rings. The van der Waals surface area contributed by atoms with Crippen LogP contribution in [0.1, 0.15) is 31.4 Å². The number of aromatic nitrogens is 1. The Kier molecular flexibility index (Phi) is 5.63. The molecule has 2 aromatic carbocycles. The van der Waals surface area contributed by atoms with Crippen molar-refractivity contribution in [3.8, 4) is 0 Å². The highest BCUT2D eigenvalue weighted by Crippen LogP contribution is 2.31. The Morgan fingerprint density at radius 3 is 2.60 bits per heavy atom. The Labute approximate surface area is 177 Å². The second-order valence-corrected chi connectivity index (χ2v) is 10.2. The van der Waals surface area contributed by atoms with Gasteiger partial charge in [-0.3, -0.25) is 4.98 Å². The van der Waals surface area contributed by atoms with Gasteiger partial charge in [-0.1, -0.05) is 42.5 Å². The van der Waals surface area contributed by atoms with E-state index in [1.54, 1.807) is 38.2 Å². The van der Waals surface area contributed by atoms with Gasteiger partial charge >= 0.3 is 0 Å². The molecule has 1 N–H and O–H groups in total. The van der Waals surface area contributed by atoms with E-state index in [1.807, 2.05) is 36.4 Å². The van der Waals surface area contributed by atoms with E-state index in [2.05, 4.69) is 4.98 Å². The first-order valence-corrected chi connectivity index (χ1v) is 11.4. The molecule has 0 spiro atoms. The maximum atomic E-state index is 13.9. The van der Waals surface area contributed by atoms with Crippen molar-refractivity contribution >= 4 is 20.9 Å². The van der Waals surface area contributed by atoms with Gasteiger partial charge in [0.15, 0.2) is 0 Å². The van der Waals surface area contributed by atoms with Gasteiger partial charge in [0.05, 0.1) is 30.4 Å². The van der Waals surface area contributed by atoms with Gasteiger partial charge in [0.2, 0.25) is 10.0 Å². The van der Waals surface area contributed by atoms with Crippen molar-refractivity contribution in [3.63, 3.8) is 0 Å². The topological polar surface area (TPSA) is 79.7 Å². The van der Waals surface area contributed by atoms with Crippen LogP contribution in [0.25, 0.3) is 10.9 Å². The molecule has 30 heavy (non-hydrogen) atoms. The fourth-order valence-corrected chi connectivity index (χ4v) is 5.72. The van der Waals surface area contributed by atoms with E-state index >= 15 is 0 Å². The normalized spacial score (nSPS) is 18.6. The van der Waals surface area contributed by atoms with Crippen LogP contribution in [0.5, 0.6) is 0 Å². The number of sulfonamides is 1. The molecule has 1 aliphatic rings. The summed E-state index contributed by atoms with van der Waals surface area (Å²) in [5.41, 5.74) is 1.26. The van der Waals surface area contributed by atoms with Crippen LogP contribution in [0.15, 0.2) is 65.7 Å². The molecule has 0 saturated carbocycles. The fraction of sp³-hybridized carbons (Fsp3) is 0.348. The summed E-state index contributed by atoms with van der Waals surface area (Å²) < 4.78 is 35.2. The monoisotopic (exact) mass is 426 g/mol. The Morgan fingerprint density at radius 1 is 1.10 bits per heavy atom. The lowest BCUT2D eigenvalue weighted by Gasteiger charge is -2.36. The zero-order valence-corrected chi connectivity index (χ0v) is 18.0. The molecule has 2 heterocycles. The Hall–Kier alpha value is -2.32. The molecule has 0 fully saturated rings. The van der Waals surface area contributed by atoms with E-state index in [0.717, 1.165) is 16.5 Å². The van der Waals surface area contributed by atoms with E-state index in [9.17, 15) is 13.5 Å². The van der Waals surface area contributed by atoms with E-state index in [1.165, 1.54) is 4.31 Å². The lowest BCUT2D eigenvalue weighted by atomic mass is 9.98. The number of aliphatic hydroxyl groups is 1. The minimum absolute atomic E-state index is 0.166. The minimum atomic E-state index is -3.91. The molecule has 1 atom stereocenters. The summed E-state index contributed by atoms with van der Waals surface area (Å²) in [5.74, 6) is 0. The second-order valence-electron chi connectivity index (χ2n) is 8.34. The van der Waals surface area contributed by atoms with Crippen molar-refractivity contribution in [2.75, 3.05) is 6.61 Å². The molecule has 1 aliphatic heterocycles. The molecule has 158 valence electrons. The van der Waals surface area contributed by atoms with Gasteiger partial charge in [0.25, 0.3) is 0 Å². The van der Waals surface area contributed by atoms with Crippen molar-refractivity contribution in [2.24, 2.45) is 0 Å². The lowest BCUT2D eigenvalue weighted by Crippen LogP contribution is -2.47. The first-order chi connectivity index (χ1) is 14.3. The zero-order chi connectivity index (χ0) is 21.4. The molecule has 0 saturated heterocycles. The average Bonchev–Trinajstić information content (AvgIpc) is 2.69. The zero-order valence-electron chi connectivity index (χ0n) is 17.2. The van der Waals surface area contributed by atoms with Crippen LogP contribution in [-0.2, 0) is 27.9 Å². The maximum absolute atomic E-state index is 13.9. The third-order valence-electron chi connectivity index (χ3n) is 5.34. The van der Waals surface area contributed by atoms with Crippen LogP contribution < -0.4 is 0 Å². The quantitative estimate of drug-likeness (QED) is 0.691. The predicted molar refractivity (Wildman–Crippen MR) is 115 cm³/mol. The van der Waals surface area contributed by atoms with Crippen LogP contribution >= 0.6 is 0 Å². The summed E-state index contributed by atoms with van der Waals surface area (Å²) in [7, 11) is -3.91. The number of rotatable bonds is 4. The standard InChI is InChI=1S/C23H26N2O4S/c1-23(2,26)13-20-16-29-15-19-8-4-3-7-18(19)14-25(20)30(27,28)21-11-5-9-17-10-6-12-24-22(17)21/h3-12,20,26H,13-16H2,1-2H3. The molecule has 4 rings (SSSR count). The molecule has 0 aliphatic carbocycles. The summed E-state index contributed by atoms with van der Waals surface area (Å²) >= 11 is 0. The summed E-state index contributed by atoms with van der Waals surface area (Å²) in [6.07, 6.45) is 1.86. The van der Waals surface area contributed by atoms with Gasteiger partial charge in [-0.25, -0.2) is 8.42 Å². The van der Waals surface area contributed by atoms with Crippen LogP contribution in [0, 0.1) is 0 Å². The van der Waals surface area contributed by atoms with Crippen molar-refractivity contribution < 1.29 is 18.3 Å². The van der Waals surface area contributed by atoms with E-state index in [-0.39, 0.29) is 24.5 Å². The Balaban J connectivity index is 1.85. The molecule has 0 amide bonds. The number of hydrogen-bond acceptors (Lipinski definition) is 5. The number of ether oxygens (including phenoxy) is 1. The number of hydrogen-bond donors (Lipinski definition) is 1. The highest BCUT2D eigenvalue weighted by Gasteiger charge is 2.37. The van der Waals surface area contributed by atoms with E-state index < -0.39 is 21.7 Å². The predicted octanol–water partition coefficient (Wildman–Crippen LogP) is 3.49. The average molecular weight is 427 g/mol. The third kappa shape index (κ3) is 4.25. The number of para-hydroxylation sites is 1. The molecule has 6 nitrogen and oxygen atoms in total. The van der Waals surface area contributed by atoms with Gasteiger partial charge in [-0.2, -0.15) is 4.31 Å². The highest BCUT2D eigenvalue weighted by molar-refractivity contribution is 7.89. The largest absolute Gasteiger partial charge is 0.390 e. The van der Waals surface area contributed by atoms with Crippen molar-refractivity contribution in [3.05, 3.63) is 71.9 Å². The highest BCUT2D eigenvalue weighted by atomic mass is 32.2. The number of pyridine rings is 1. The van der Waals surface area contributed by atoms with E-state index in [4.69, 9.17) is 4.74 Å². The summed E-state index contributed by atoms with van der Waals surface area (Å²) in [5, 5.41) is 11.2. The molecular weight excluding hydrogens is 400 g/mol. The van der Waals surface area contributed by atoms with Crippen molar-refractivity contribution in [1.82, 2.24) is 9.29 Å². The van der Waals surface area contributed by atoms with Gasteiger partial charge in [0.1, 0.15) is 4.90 Å². The Bertz CT molecular complexity index is 1150. The summed E-state index contributed by atoms with van der Waals surface area (Å²) in [6, 6.07) is 16.0. The van der Waals surface area contributed by atoms with Crippen molar-refractivity contribution in [1.29, 1.82) is 0 Å². The first-order valence-electron chi connectivity index (χ1n) is 9.98. The molecule has 0 bridgehead atoms. The summed E-state index contributed by atoms with van der Waals surface area (Å²) in [6.45, 7) is 4.21.